The Labute approximate surface area is 192 Å². The molecule has 0 N–H and O–H groups in total. The lowest BCUT2D eigenvalue weighted by Crippen LogP contribution is -2.50. The van der Waals surface area contributed by atoms with Crippen LogP contribution in [0.5, 0.6) is 0 Å². The largest absolute Gasteiger partial charge is 0.354 e. The van der Waals surface area contributed by atoms with Crippen molar-refractivity contribution in [3.63, 3.8) is 0 Å². The predicted octanol–water partition coefficient (Wildman–Crippen LogP) is 3.26. The predicted molar refractivity (Wildman–Crippen MR) is 130 cm³/mol. The molecular formula is C25H37N7. The monoisotopic (exact) mass is 435 g/mol. The highest BCUT2D eigenvalue weighted by atomic mass is 15.4. The minimum atomic E-state index is 0.581. The first-order valence-electron chi connectivity index (χ1n) is 11.9. The number of rotatable bonds is 8. The van der Waals surface area contributed by atoms with E-state index in [1.54, 1.807) is 6.33 Å². The number of piperazine rings is 1. The zero-order valence-corrected chi connectivity index (χ0v) is 20.2. The van der Waals surface area contributed by atoms with Crippen molar-refractivity contribution >= 4 is 11.6 Å². The Morgan fingerprint density at radius 1 is 0.969 bits per heavy atom. The molecule has 4 rings (SSSR count). The van der Waals surface area contributed by atoms with E-state index in [9.17, 15) is 0 Å². The van der Waals surface area contributed by atoms with Crippen molar-refractivity contribution in [2.75, 3.05) is 44.2 Å². The van der Waals surface area contributed by atoms with Crippen molar-refractivity contribution in [1.29, 1.82) is 0 Å². The van der Waals surface area contributed by atoms with Crippen molar-refractivity contribution in [2.24, 2.45) is 0 Å². The number of aromatic nitrogens is 4. The molecule has 0 radical (unpaired) electrons. The zero-order valence-electron chi connectivity index (χ0n) is 20.2. The van der Waals surface area contributed by atoms with Crippen LogP contribution in [0.1, 0.15) is 44.5 Å². The normalized spacial score (nSPS) is 15.6. The van der Waals surface area contributed by atoms with Gasteiger partial charge in [0.1, 0.15) is 12.1 Å². The third kappa shape index (κ3) is 4.94. The van der Waals surface area contributed by atoms with Gasteiger partial charge in [-0.2, -0.15) is 14.6 Å². The molecule has 7 nitrogen and oxygen atoms in total. The van der Waals surface area contributed by atoms with E-state index >= 15 is 0 Å². The van der Waals surface area contributed by atoms with E-state index in [0.717, 1.165) is 57.2 Å². The molecule has 1 fully saturated rings. The van der Waals surface area contributed by atoms with Gasteiger partial charge < -0.3 is 4.90 Å². The van der Waals surface area contributed by atoms with E-state index in [1.807, 2.05) is 4.52 Å². The summed E-state index contributed by atoms with van der Waals surface area (Å²) in [7, 11) is 0. The molecule has 1 aromatic carbocycles. The number of hydrogen-bond acceptors (Lipinski definition) is 6. The maximum atomic E-state index is 4.73. The van der Waals surface area contributed by atoms with Gasteiger partial charge in [0.2, 0.25) is 0 Å². The molecule has 172 valence electrons. The lowest BCUT2D eigenvalue weighted by Gasteiger charge is -2.39. The molecule has 32 heavy (non-hydrogen) atoms. The van der Waals surface area contributed by atoms with E-state index in [4.69, 9.17) is 4.98 Å². The van der Waals surface area contributed by atoms with E-state index in [-0.39, 0.29) is 0 Å². The molecule has 0 amide bonds. The standard InChI is InChI=1S/C25H37N7/c1-19(2)31(20(3)4)16-13-29-11-14-30(15-12-29)24-23(17-22-9-7-6-8-10-22)21(5)28-25-26-18-27-32(24)25/h6-10,18-20H,11-17H2,1-5H3. The summed E-state index contributed by atoms with van der Waals surface area (Å²) in [5.41, 5.74) is 3.57. The second kappa shape index (κ2) is 9.96. The number of hydrogen-bond donors (Lipinski definition) is 0. The molecule has 3 aromatic rings. The zero-order chi connectivity index (χ0) is 22.7. The van der Waals surface area contributed by atoms with E-state index in [0.29, 0.717) is 17.9 Å². The average Bonchev–Trinajstić information content (AvgIpc) is 3.23. The number of benzene rings is 1. The minimum absolute atomic E-state index is 0.581. The van der Waals surface area contributed by atoms with Crippen molar-refractivity contribution in [2.45, 2.75) is 53.1 Å². The third-order valence-corrected chi connectivity index (χ3v) is 6.60. The smallest absolute Gasteiger partial charge is 0.254 e. The van der Waals surface area contributed by atoms with Gasteiger partial charge in [-0.25, -0.2) is 4.98 Å². The molecular weight excluding hydrogens is 398 g/mol. The molecule has 3 heterocycles. The number of nitrogens with zero attached hydrogens (tertiary/aromatic N) is 7. The highest BCUT2D eigenvalue weighted by molar-refractivity contribution is 5.56. The number of fused-ring (bicyclic) bond motifs is 1. The van der Waals surface area contributed by atoms with Crippen LogP contribution >= 0.6 is 0 Å². The lowest BCUT2D eigenvalue weighted by molar-refractivity contribution is 0.140. The van der Waals surface area contributed by atoms with Gasteiger partial charge in [-0.1, -0.05) is 30.3 Å². The highest BCUT2D eigenvalue weighted by Crippen LogP contribution is 2.27. The fourth-order valence-electron chi connectivity index (χ4n) is 4.85. The highest BCUT2D eigenvalue weighted by Gasteiger charge is 2.25. The first-order chi connectivity index (χ1) is 15.4. The van der Waals surface area contributed by atoms with Crippen LogP contribution in [0.2, 0.25) is 0 Å². The first kappa shape index (κ1) is 22.7. The van der Waals surface area contributed by atoms with E-state index < -0.39 is 0 Å². The topological polar surface area (TPSA) is 52.8 Å². The molecule has 0 saturated carbocycles. The summed E-state index contributed by atoms with van der Waals surface area (Å²) in [5, 5.41) is 4.54. The molecule has 0 bridgehead atoms. The van der Waals surface area contributed by atoms with Gasteiger partial charge in [-0.15, -0.1) is 0 Å². The van der Waals surface area contributed by atoms with Crippen LogP contribution in [0.15, 0.2) is 36.7 Å². The second-order valence-electron chi connectivity index (χ2n) is 9.39. The van der Waals surface area contributed by atoms with Crippen LogP contribution in [-0.2, 0) is 6.42 Å². The lowest BCUT2D eigenvalue weighted by atomic mass is 10.0. The Kier molecular flexibility index (Phi) is 7.06. The van der Waals surface area contributed by atoms with E-state index in [2.05, 4.69) is 89.7 Å². The third-order valence-electron chi connectivity index (χ3n) is 6.60. The molecule has 1 saturated heterocycles. The Hall–Kier alpha value is -2.51. The van der Waals surface area contributed by atoms with Gasteiger partial charge in [0.15, 0.2) is 0 Å². The fourth-order valence-corrected chi connectivity index (χ4v) is 4.85. The molecule has 0 unspecified atom stereocenters. The Balaban J connectivity index is 1.51. The molecule has 0 spiro atoms. The molecule has 0 atom stereocenters. The maximum Gasteiger partial charge on any atom is 0.254 e. The molecule has 0 aliphatic carbocycles. The minimum Gasteiger partial charge on any atom is -0.354 e. The van der Waals surface area contributed by atoms with Crippen LogP contribution in [0.4, 0.5) is 5.82 Å². The summed E-state index contributed by atoms with van der Waals surface area (Å²) in [6.45, 7) is 17.6. The second-order valence-corrected chi connectivity index (χ2v) is 9.39. The SMILES string of the molecule is Cc1nc2ncnn2c(N2CCN(CCN(C(C)C)C(C)C)CC2)c1Cc1ccccc1. The quantitative estimate of drug-likeness (QED) is 0.541. The molecule has 2 aromatic heterocycles. The molecule has 1 aliphatic heterocycles. The van der Waals surface area contributed by atoms with Gasteiger partial charge in [0, 0.05) is 69.0 Å². The van der Waals surface area contributed by atoms with Crippen LogP contribution in [0, 0.1) is 6.92 Å². The van der Waals surface area contributed by atoms with Gasteiger partial charge in [0.05, 0.1) is 0 Å². The van der Waals surface area contributed by atoms with Crippen molar-refractivity contribution < 1.29 is 0 Å². The van der Waals surface area contributed by atoms with E-state index in [1.165, 1.54) is 11.1 Å². The summed E-state index contributed by atoms with van der Waals surface area (Å²) < 4.78 is 1.93. The number of aryl methyl sites for hydroxylation is 1. The first-order valence-corrected chi connectivity index (χ1v) is 11.9. The van der Waals surface area contributed by atoms with Crippen LogP contribution < -0.4 is 4.90 Å². The summed E-state index contributed by atoms with van der Waals surface area (Å²) >= 11 is 0. The van der Waals surface area contributed by atoms with Gasteiger partial charge >= 0.3 is 0 Å². The van der Waals surface area contributed by atoms with Gasteiger partial charge in [-0.3, -0.25) is 9.80 Å². The van der Waals surface area contributed by atoms with Crippen LogP contribution in [0.25, 0.3) is 5.78 Å². The average molecular weight is 436 g/mol. The summed E-state index contributed by atoms with van der Waals surface area (Å²) in [6, 6.07) is 11.8. The number of anilines is 1. The van der Waals surface area contributed by atoms with Crippen LogP contribution in [0.3, 0.4) is 0 Å². The Morgan fingerprint density at radius 2 is 1.66 bits per heavy atom. The summed E-state index contributed by atoms with van der Waals surface area (Å²) in [5.74, 6) is 1.83. The maximum absolute atomic E-state index is 4.73. The Morgan fingerprint density at radius 3 is 2.31 bits per heavy atom. The molecule has 7 heteroatoms. The summed E-state index contributed by atoms with van der Waals surface area (Å²) in [6.07, 6.45) is 2.46. The van der Waals surface area contributed by atoms with Gasteiger partial charge in [-0.05, 0) is 40.2 Å². The molecule has 1 aliphatic rings. The van der Waals surface area contributed by atoms with Crippen molar-refractivity contribution in [1.82, 2.24) is 29.4 Å². The van der Waals surface area contributed by atoms with Crippen LogP contribution in [-0.4, -0.2) is 80.7 Å². The van der Waals surface area contributed by atoms with Gasteiger partial charge in [0.25, 0.3) is 5.78 Å². The Bertz CT molecular complexity index is 996. The van der Waals surface area contributed by atoms with Crippen molar-refractivity contribution in [3.05, 3.63) is 53.5 Å². The summed E-state index contributed by atoms with van der Waals surface area (Å²) in [4.78, 5) is 16.8. The fraction of sp³-hybridized carbons (Fsp3) is 0.560. The van der Waals surface area contributed by atoms with Crippen molar-refractivity contribution in [3.8, 4) is 0 Å².